The van der Waals surface area contributed by atoms with Gasteiger partial charge in [-0.1, -0.05) is 72.4 Å². The van der Waals surface area contributed by atoms with Crippen molar-refractivity contribution in [1.82, 2.24) is 0 Å². The Bertz CT molecular complexity index is 1380. The highest BCUT2D eigenvalue weighted by atomic mass is 32.2. The lowest BCUT2D eigenvalue weighted by atomic mass is 10.1. The summed E-state index contributed by atoms with van der Waals surface area (Å²) in [6.07, 6.45) is 0. The van der Waals surface area contributed by atoms with Gasteiger partial charge in [-0.3, -0.25) is 9.69 Å². The molecule has 3 aromatic carbocycles. The first-order valence-corrected chi connectivity index (χ1v) is 10.9. The van der Waals surface area contributed by atoms with Crippen LogP contribution in [0.25, 0.3) is 22.1 Å². The number of hydrogen-bond acceptors (Lipinski definition) is 5. The minimum Gasteiger partial charge on any atom is -0.436 e. The highest BCUT2D eigenvalue weighted by Gasteiger charge is 2.30. The van der Waals surface area contributed by atoms with E-state index in [1.54, 1.807) is 4.90 Å². The van der Waals surface area contributed by atoms with E-state index in [9.17, 15) is 4.79 Å². The number of rotatable bonds is 3. The average molecular weight is 426 g/mol. The van der Waals surface area contributed by atoms with E-state index in [4.69, 9.17) is 4.42 Å². The lowest BCUT2D eigenvalue weighted by Gasteiger charge is -2.15. The number of nitrogens with zero attached hydrogens (tertiary/aromatic N) is 3. The fourth-order valence-electron chi connectivity index (χ4n) is 3.51. The molecule has 0 radical (unpaired) electrons. The third-order valence-electron chi connectivity index (χ3n) is 4.99. The van der Waals surface area contributed by atoms with Crippen molar-refractivity contribution in [3.8, 4) is 11.1 Å². The van der Waals surface area contributed by atoms with Crippen LogP contribution >= 0.6 is 11.8 Å². The number of thioether (sulfide) groups is 1. The summed E-state index contributed by atoms with van der Waals surface area (Å²) in [4.78, 5) is 14.1. The monoisotopic (exact) mass is 425 g/mol. The quantitative estimate of drug-likeness (QED) is 0.415. The average Bonchev–Trinajstić information content (AvgIpc) is 3.18. The number of hydrogen-bond donors (Lipinski definition) is 0. The van der Waals surface area contributed by atoms with Crippen LogP contribution in [-0.4, -0.2) is 16.8 Å². The predicted molar refractivity (Wildman–Crippen MR) is 126 cm³/mol. The zero-order valence-electron chi connectivity index (χ0n) is 16.9. The summed E-state index contributed by atoms with van der Waals surface area (Å²) in [5, 5.41) is 10.4. The minimum atomic E-state index is -0.0108. The van der Waals surface area contributed by atoms with Gasteiger partial charge in [0.05, 0.1) is 11.4 Å². The van der Waals surface area contributed by atoms with E-state index < -0.39 is 0 Å². The second-order valence-corrected chi connectivity index (χ2v) is 8.15. The lowest BCUT2D eigenvalue weighted by Crippen LogP contribution is -2.29. The minimum absolute atomic E-state index is 0.0108. The molecule has 1 aliphatic rings. The zero-order chi connectivity index (χ0) is 21.2. The van der Waals surface area contributed by atoms with Crippen LogP contribution in [0.1, 0.15) is 5.56 Å². The molecule has 0 N–H and O–H groups in total. The molecular formula is C25H19N3O2S. The van der Waals surface area contributed by atoms with Gasteiger partial charge in [0.1, 0.15) is 5.58 Å². The van der Waals surface area contributed by atoms with Gasteiger partial charge in [-0.2, -0.15) is 0 Å². The third kappa shape index (κ3) is 3.90. The highest BCUT2D eigenvalue weighted by Crippen LogP contribution is 2.27. The van der Waals surface area contributed by atoms with E-state index in [2.05, 4.69) is 16.3 Å². The molecule has 0 bridgehead atoms. The number of amidine groups is 1. The SMILES string of the molecule is Cc1cccc(N2C(=O)CS/C2=N/N=c2/oc3ccccc3cc2-c2ccccc2)c1. The Kier molecular flexibility index (Phi) is 5.14. The molecule has 1 aromatic heterocycles. The van der Waals surface area contributed by atoms with Crippen molar-refractivity contribution < 1.29 is 9.21 Å². The van der Waals surface area contributed by atoms with Crippen LogP contribution in [0.4, 0.5) is 5.69 Å². The van der Waals surface area contributed by atoms with Crippen LogP contribution in [0.15, 0.2) is 99.5 Å². The molecule has 1 amide bonds. The summed E-state index contributed by atoms with van der Waals surface area (Å²) in [5.41, 5.74) is 4.84. The number of carbonyl (C=O) groups excluding carboxylic acids is 1. The molecule has 5 rings (SSSR count). The van der Waals surface area contributed by atoms with Crippen molar-refractivity contribution in [2.45, 2.75) is 6.92 Å². The molecule has 4 aromatic rings. The van der Waals surface area contributed by atoms with Gasteiger partial charge in [-0.15, -0.1) is 10.2 Å². The second-order valence-electron chi connectivity index (χ2n) is 7.21. The maximum atomic E-state index is 12.5. The van der Waals surface area contributed by atoms with Crippen LogP contribution in [0.3, 0.4) is 0 Å². The van der Waals surface area contributed by atoms with Crippen molar-refractivity contribution in [3.63, 3.8) is 0 Å². The Hall–Kier alpha value is -3.64. The summed E-state index contributed by atoms with van der Waals surface area (Å²) in [5.74, 6) is 0.325. The smallest absolute Gasteiger partial charge is 0.246 e. The van der Waals surface area contributed by atoms with E-state index in [-0.39, 0.29) is 5.91 Å². The number of fused-ring (bicyclic) bond motifs is 1. The fraction of sp³-hybridized carbons (Fsp3) is 0.0800. The molecule has 1 fully saturated rings. The summed E-state index contributed by atoms with van der Waals surface area (Å²) >= 11 is 1.37. The number of anilines is 1. The van der Waals surface area contributed by atoms with E-state index in [1.165, 1.54) is 11.8 Å². The molecule has 31 heavy (non-hydrogen) atoms. The first-order valence-electron chi connectivity index (χ1n) is 9.91. The number of para-hydroxylation sites is 1. The zero-order valence-corrected chi connectivity index (χ0v) is 17.7. The molecule has 0 atom stereocenters. The van der Waals surface area contributed by atoms with Gasteiger partial charge in [0.2, 0.25) is 11.5 Å². The van der Waals surface area contributed by atoms with E-state index in [0.29, 0.717) is 16.5 Å². The van der Waals surface area contributed by atoms with Crippen LogP contribution < -0.4 is 10.5 Å². The van der Waals surface area contributed by atoms with E-state index in [0.717, 1.165) is 33.3 Å². The maximum Gasteiger partial charge on any atom is 0.246 e. The van der Waals surface area contributed by atoms with Gasteiger partial charge >= 0.3 is 0 Å². The number of carbonyl (C=O) groups is 1. The summed E-state index contributed by atoms with van der Waals surface area (Å²) < 4.78 is 6.11. The van der Waals surface area contributed by atoms with Gasteiger partial charge in [-0.05, 0) is 42.3 Å². The van der Waals surface area contributed by atoms with Crippen molar-refractivity contribution in [3.05, 3.63) is 96.0 Å². The van der Waals surface area contributed by atoms with Crippen LogP contribution in [0.5, 0.6) is 0 Å². The highest BCUT2D eigenvalue weighted by molar-refractivity contribution is 8.15. The van der Waals surface area contributed by atoms with Gasteiger partial charge in [-0.25, -0.2) is 0 Å². The summed E-state index contributed by atoms with van der Waals surface area (Å²) in [6.45, 7) is 2.00. The van der Waals surface area contributed by atoms with Crippen LogP contribution in [0.2, 0.25) is 0 Å². The van der Waals surface area contributed by atoms with Gasteiger partial charge in [0.25, 0.3) is 0 Å². The Balaban J connectivity index is 1.65. The Labute approximate surface area is 183 Å². The molecule has 1 saturated heterocycles. The van der Waals surface area contributed by atoms with Crippen LogP contribution in [0, 0.1) is 6.92 Å². The summed E-state index contributed by atoms with van der Waals surface area (Å²) in [6, 6.07) is 27.6. The number of benzene rings is 3. The normalized spacial score (nSPS) is 15.9. The molecule has 0 saturated carbocycles. The molecule has 1 aliphatic heterocycles. The maximum absolute atomic E-state index is 12.5. The largest absolute Gasteiger partial charge is 0.436 e. The summed E-state index contributed by atoms with van der Waals surface area (Å²) in [7, 11) is 0. The van der Waals surface area contributed by atoms with Gasteiger partial charge in [0, 0.05) is 10.9 Å². The fourth-order valence-corrected chi connectivity index (χ4v) is 4.33. The second kappa shape index (κ2) is 8.24. The molecular weight excluding hydrogens is 406 g/mol. The van der Waals surface area contributed by atoms with Crippen molar-refractivity contribution >= 4 is 39.5 Å². The molecule has 6 heteroatoms. The third-order valence-corrected chi connectivity index (χ3v) is 5.91. The standard InChI is InChI=1S/C25H19N3O2S/c1-17-8-7-12-20(14-17)28-23(29)16-31-25(28)27-26-24-21(18-9-3-2-4-10-18)15-19-11-5-6-13-22(19)30-24/h2-15H,16H2,1H3/b26-24+,27-25+. The number of amides is 1. The molecule has 0 unspecified atom stereocenters. The lowest BCUT2D eigenvalue weighted by molar-refractivity contribution is -0.115. The first-order chi connectivity index (χ1) is 15.2. The Morgan fingerprint density at radius 3 is 2.55 bits per heavy atom. The molecule has 152 valence electrons. The van der Waals surface area contributed by atoms with Gasteiger partial charge in [0.15, 0.2) is 5.17 Å². The predicted octanol–water partition coefficient (Wildman–Crippen LogP) is 5.36. The van der Waals surface area contributed by atoms with Crippen molar-refractivity contribution in [1.29, 1.82) is 0 Å². The Morgan fingerprint density at radius 1 is 0.903 bits per heavy atom. The molecule has 0 aliphatic carbocycles. The van der Waals surface area contributed by atoms with Crippen LogP contribution in [-0.2, 0) is 4.79 Å². The Morgan fingerprint density at radius 2 is 1.71 bits per heavy atom. The molecule has 0 spiro atoms. The van der Waals surface area contributed by atoms with Crippen molar-refractivity contribution in [2.75, 3.05) is 10.7 Å². The molecule has 2 heterocycles. The number of aryl methyl sites for hydroxylation is 1. The molecule has 5 nitrogen and oxygen atoms in total. The first kappa shape index (κ1) is 19.3. The van der Waals surface area contributed by atoms with Crippen molar-refractivity contribution in [2.24, 2.45) is 10.2 Å². The topological polar surface area (TPSA) is 58.2 Å². The van der Waals surface area contributed by atoms with Gasteiger partial charge < -0.3 is 4.42 Å². The van der Waals surface area contributed by atoms with E-state index in [1.807, 2.05) is 85.8 Å². The van der Waals surface area contributed by atoms with E-state index >= 15 is 0 Å².